The number of hydrogen-bond acceptors (Lipinski definition) is 5. The lowest BCUT2D eigenvalue weighted by Gasteiger charge is -2.07. The summed E-state index contributed by atoms with van der Waals surface area (Å²) in [6.07, 6.45) is 3.04. The van der Waals surface area contributed by atoms with E-state index in [4.69, 9.17) is 5.73 Å². The Kier molecular flexibility index (Phi) is 4.00. The summed E-state index contributed by atoms with van der Waals surface area (Å²) in [6.45, 7) is 0.324. The molecule has 0 fully saturated rings. The summed E-state index contributed by atoms with van der Waals surface area (Å²) >= 11 is 4.38. The molecule has 0 unspecified atom stereocenters. The predicted octanol–water partition coefficient (Wildman–Crippen LogP) is 2.17. The minimum atomic E-state index is -3.57. The zero-order valence-corrected chi connectivity index (χ0v) is 12.3. The molecule has 0 amide bonds. The Hall–Kier alpha value is -0.960. The molecule has 0 atom stereocenters. The van der Waals surface area contributed by atoms with Gasteiger partial charge in [-0.2, -0.15) is 0 Å². The largest absolute Gasteiger partial charge is 0.326 e. The van der Waals surface area contributed by atoms with Crippen molar-refractivity contribution in [2.75, 3.05) is 4.72 Å². The summed E-state index contributed by atoms with van der Waals surface area (Å²) in [7, 11) is -3.57. The highest BCUT2D eigenvalue weighted by atomic mass is 79.9. The average molecular weight is 348 g/mol. The highest BCUT2D eigenvalue weighted by molar-refractivity contribution is 9.10. The Bertz CT molecular complexity index is 655. The van der Waals surface area contributed by atoms with Crippen LogP contribution in [0.5, 0.6) is 0 Å². The van der Waals surface area contributed by atoms with Gasteiger partial charge in [-0.3, -0.25) is 9.71 Å². The monoisotopic (exact) mass is 347 g/mol. The van der Waals surface area contributed by atoms with E-state index in [2.05, 4.69) is 25.6 Å². The molecule has 2 heterocycles. The molecule has 5 nitrogen and oxygen atoms in total. The van der Waals surface area contributed by atoms with Crippen molar-refractivity contribution in [3.05, 3.63) is 39.9 Å². The van der Waals surface area contributed by atoms with Crippen molar-refractivity contribution >= 4 is 43.0 Å². The van der Waals surface area contributed by atoms with E-state index in [1.807, 2.05) is 0 Å². The van der Waals surface area contributed by atoms with Crippen molar-refractivity contribution in [3.8, 4) is 0 Å². The Morgan fingerprint density at radius 2 is 2.28 bits per heavy atom. The van der Waals surface area contributed by atoms with E-state index in [0.717, 1.165) is 16.9 Å². The van der Waals surface area contributed by atoms with E-state index >= 15 is 0 Å². The molecule has 2 rings (SSSR count). The Balaban J connectivity index is 2.30. The van der Waals surface area contributed by atoms with Crippen molar-refractivity contribution in [2.45, 2.75) is 10.8 Å². The summed E-state index contributed by atoms with van der Waals surface area (Å²) in [5.41, 5.74) is 6.71. The van der Waals surface area contributed by atoms with Gasteiger partial charge in [0.15, 0.2) is 0 Å². The van der Waals surface area contributed by atoms with Crippen LogP contribution in [0.2, 0.25) is 0 Å². The van der Waals surface area contributed by atoms with Gasteiger partial charge in [0.25, 0.3) is 10.0 Å². The van der Waals surface area contributed by atoms with E-state index in [0.29, 0.717) is 16.7 Å². The van der Waals surface area contributed by atoms with Gasteiger partial charge in [-0.25, -0.2) is 8.42 Å². The molecular weight excluding hydrogens is 338 g/mol. The standard InChI is InChI=1S/C10H10BrN3O2S2/c11-8-5-13-2-1-9(8)14-18(15,16)10-3-7(4-12)6-17-10/h1-3,5-6H,4,12H2,(H,13,14). The van der Waals surface area contributed by atoms with Crippen molar-refractivity contribution in [2.24, 2.45) is 5.73 Å². The van der Waals surface area contributed by atoms with Gasteiger partial charge in [0.2, 0.25) is 0 Å². The maximum absolute atomic E-state index is 12.1. The molecule has 96 valence electrons. The van der Waals surface area contributed by atoms with Crippen LogP contribution in [0, 0.1) is 0 Å². The van der Waals surface area contributed by atoms with E-state index in [-0.39, 0.29) is 4.21 Å². The molecule has 0 spiro atoms. The minimum absolute atomic E-state index is 0.242. The van der Waals surface area contributed by atoms with Gasteiger partial charge in [0.05, 0.1) is 10.2 Å². The summed E-state index contributed by atoms with van der Waals surface area (Å²) in [5.74, 6) is 0. The Morgan fingerprint density at radius 1 is 1.50 bits per heavy atom. The van der Waals surface area contributed by atoms with Crippen LogP contribution in [0.4, 0.5) is 5.69 Å². The normalized spacial score (nSPS) is 11.4. The molecule has 0 radical (unpaired) electrons. The lowest BCUT2D eigenvalue weighted by Crippen LogP contribution is -2.12. The van der Waals surface area contributed by atoms with Gasteiger partial charge in [0, 0.05) is 18.9 Å². The van der Waals surface area contributed by atoms with E-state index in [1.165, 1.54) is 12.4 Å². The number of sulfonamides is 1. The van der Waals surface area contributed by atoms with Gasteiger partial charge in [-0.15, -0.1) is 11.3 Å². The molecule has 0 saturated carbocycles. The summed E-state index contributed by atoms with van der Waals surface area (Å²) in [4.78, 5) is 3.87. The summed E-state index contributed by atoms with van der Waals surface area (Å²) in [6, 6.07) is 3.15. The minimum Gasteiger partial charge on any atom is -0.326 e. The molecule has 2 aromatic rings. The maximum atomic E-state index is 12.1. The molecule has 0 aliphatic rings. The van der Waals surface area contributed by atoms with Gasteiger partial charge in [-0.05, 0) is 39.0 Å². The average Bonchev–Trinajstić information content (AvgIpc) is 2.81. The van der Waals surface area contributed by atoms with Gasteiger partial charge in [0.1, 0.15) is 4.21 Å². The second kappa shape index (κ2) is 5.35. The zero-order chi connectivity index (χ0) is 13.2. The third-order valence-electron chi connectivity index (χ3n) is 2.15. The third kappa shape index (κ3) is 2.89. The number of pyridine rings is 1. The number of hydrogen-bond donors (Lipinski definition) is 2. The first kappa shape index (κ1) is 13.5. The lowest BCUT2D eigenvalue weighted by molar-refractivity contribution is 0.603. The molecule has 0 aliphatic heterocycles. The smallest absolute Gasteiger partial charge is 0.271 e. The number of nitrogens with zero attached hydrogens (tertiary/aromatic N) is 1. The first-order valence-corrected chi connectivity index (χ1v) is 8.08. The highest BCUT2D eigenvalue weighted by Crippen LogP contribution is 2.26. The van der Waals surface area contributed by atoms with Crippen LogP contribution in [-0.4, -0.2) is 13.4 Å². The van der Waals surface area contributed by atoms with Crippen LogP contribution in [0.1, 0.15) is 5.56 Å². The second-order valence-electron chi connectivity index (χ2n) is 3.44. The number of nitrogens with one attached hydrogen (secondary N) is 1. The molecule has 3 N–H and O–H groups in total. The summed E-state index contributed by atoms with van der Waals surface area (Å²) < 4.78 is 27.5. The number of anilines is 1. The Morgan fingerprint density at radius 3 is 2.89 bits per heavy atom. The second-order valence-corrected chi connectivity index (χ2v) is 7.11. The van der Waals surface area contributed by atoms with E-state index in [9.17, 15) is 8.42 Å². The van der Waals surface area contributed by atoms with Gasteiger partial charge >= 0.3 is 0 Å². The third-order valence-corrected chi connectivity index (χ3v) is 5.63. The molecule has 0 bridgehead atoms. The molecule has 2 aromatic heterocycles. The van der Waals surface area contributed by atoms with Crippen LogP contribution in [0.3, 0.4) is 0 Å². The van der Waals surface area contributed by atoms with E-state index < -0.39 is 10.0 Å². The quantitative estimate of drug-likeness (QED) is 0.887. The maximum Gasteiger partial charge on any atom is 0.271 e. The number of rotatable bonds is 4. The lowest BCUT2D eigenvalue weighted by atomic mass is 10.4. The van der Waals surface area contributed by atoms with Crippen molar-refractivity contribution in [1.29, 1.82) is 0 Å². The zero-order valence-electron chi connectivity index (χ0n) is 9.13. The van der Waals surface area contributed by atoms with Crippen molar-refractivity contribution in [3.63, 3.8) is 0 Å². The first-order chi connectivity index (χ1) is 8.53. The van der Waals surface area contributed by atoms with Crippen LogP contribution in [0.25, 0.3) is 0 Å². The summed E-state index contributed by atoms with van der Waals surface area (Å²) in [5, 5.41) is 1.73. The number of aromatic nitrogens is 1. The topological polar surface area (TPSA) is 85.1 Å². The number of thiophene rings is 1. The van der Waals surface area contributed by atoms with Gasteiger partial charge in [-0.1, -0.05) is 0 Å². The van der Waals surface area contributed by atoms with Crippen LogP contribution >= 0.6 is 27.3 Å². The van der Waals surface area contributed by atoms with Gasteiger partial charge < -0.3 is 5.73 Å². The molecule has 0 aromatic carbocycles. The van der Waals surface area contributed by atoms with E-state index in [1.54, 1.807) is 17.5 Å². The van der Waals surface area contributed by atoms with Crippen molar-refractivity contribution in [1.82, 2.24) is 4.98 Å². The molecule has 0 saturated heterocycles. The fourth-order valence-electron chi connectivity index (χ4n) is 1.25. The van der Waals surface area contributed by atoms with Crippen LogP contribution in [-0.2, 0) is 16.6 Å². The molecule has 0 aliphatic carbocycles. The number of halogens is 1. The Labute approximate surface area is 117 Å². The predicted molar refractivity (Wildman–Crippen MR) is 75.0 cm³/mol. The van der Waals surface area contributed by atoms with Crippen molar-refractivity contribution < 1.29 is 8.42 Å². The molecular formula is C10H10BrN3O2S2. The first-order valence-electron chi connectivity index (χ1n) is 4.93. The van der Waals surface area contributed by atoms with Crippen LogP contribution in [0.15, 0.2) is 38.6 Å². The fraction of sp³-hybridized carbons (Fsp3) is 0.100. The molecule has 8 heteroatoms. The fourth-order valence-corrected chi connectivity index (χ4v) is 4.04. The van der Waals surface area contributed by atoms with Crippen LogP contribution < -0.4 is 10.5 Å². The number of nitrogens with two attached hydrogens (primary N) is 1. The highest BCUT2D eigenvalue weighted by Gasteiger charge is 2.17. The molecule has 18 heavy (non-hydrogen) atoms. The SMILES string of the molecule is NCc1csc(S(=O)(=O)Nc2ccncc2Br)c1.